The molecule has 14 heavy (non-hydrogen) atoms. The number of carbonyl (C=O) groups excluding carboxylic acids is 1. The number of ether oxygens (including phenoxy) is 1. The highest BCUT2D eigenvalue weighted by molar-refractivity contribution is 7.99. The molecule has 0 aliphatic rings. The molecule has 0 fully saturated rings. The maximum Gasteiger partial charge on any atom is 0.410 e. The first-order valence-corrected chi connectivity index (χ1v) is 6.31. The fourth-order valence-electron chi connectivity index (χ4n) is 0.968. The predicted octanol–water partition coefficient (Wildman–Crippen LogP) is 2.59. The molecule has 0 spiro atoms. The zero-order chi connectivity index (χ0) is 10.6. The van der Waals surface area contributed by atoms with Gasteiger partial charge >= 0.3 is 6.09 Å². The Labute approximate surface area is 91.4 Å². The first-order chi connectivity index (χ1) is 6.67. The molecule has 3 nitrogen and oxygen atoms in total. The van der Waals surface area contributed by atoms with E-state index < -0.39 is 6.09 Å². The van der Waals surface area contributed by atoms with Gasteiger partial charge in [0.2, 0.25) is 0 Å². The zero-order valence-corrected chi connectivity index (χ0v) is 9.58. The number of hydrogen-bond acceptors (Lipinski definition) is 4. The van der Waals surface area contributed by atoms with Gasteiger partial charge in [0, 0.05) is 4.90 Å². The molecule has 0 radical (unpaired) electrons. The van der Waals surface area contributed by atoms with Crippen LogP contribution in [0.5, 0.6) is 5.75 Å². The van der Waals surface area contributed by atoms with Crippen LogP contribution in [-0.4, -0.2) is 18.6 Å². The van der Waals surface area contributed by atoms with Crippen molar-refractivity contribution in [1.29, 1.82) is 0 Å². The van der Waals surface area contributed by atoms with Crippen LogP contribution in [0.25, 0.3) is 0 Å². The maximum absolute atomic E-state index is 10.6. The molecule has 2 N–H and O–H groups in total. The van der Waals surface area contributed by atoms with Crippen molar-refractivity contribution in [3.05, 3.63) is 18.2 Å². The molecule has 76 valence electrons. The van der Waals surface area contributed by atoms with Crippen LogP contribution in [0, 0.1) is 0 Å². The Balaban J connectivity index is 2.98. The molecule has 0 bridgehead atoms. The van der Waals surface area contributed by atoms with Crippen LogP contribution < -0.4 is 10.5 Å². The van der Waals surface area contributed by atoms with E-state index in [4.69, 9.17) is 10.5 Å². The minimum atomic E-state index is -0.780. The Bertz CT molecular complexity index is 342. The maximum atomic E-state index is 10.6. The van der Waals surface area contributed by atoms with Crippen molar-refractivity contribution < 1.29 is 9.53 Å². The summed E-state index contributed by atoms with van der Waals surface area (Å²) in [6.07, 6.45) is 3.14. The van der Waals surface area contributed by atoms with Gasteiger partial charge in [0.25, 0.3) is 0 Å². The minimum absolute atomic E-state index is 0.516. The molecule has 0 saturated carbocycles. The average molecular weight is 229 g/mol. The number of amides is 1. The second kappa shape index (κ2) is 5.17. The summed E-state index contributed by atoms with van der Waals surface area (Å²) >= 11 is 3.16. The highest BCUT2D eigenvalue weighted by Gasteiger charge is 2.06. The molecule has 0 unspecified atom stereocenters. The number of nitrogens with two attached hydrogens (primary N) is 1. The van der Waals surface area contributed by atoms with Crippen molar-refractivity contribution in [2.75, 3.05) is 12.5 Å². The van der Waals surface area contributed by atoms with Crippen molar-refractivity contribution in [3.8, 4) is 5.75 Å². The van der Waals surface area contributed by atoms with Crippen LogP contribution in [0.4, 0.5) is 4.79 Å². The first-order valence-electron chi connectivity index (χ1n) is 3.86. The Morgan fingerprint density at radius 2 is 2.07 bits per heavy atom. The standard InChI is InChI=1S/C9H11NO2S2/c1-13-6-3-4-7(12-9(10)11)8(5-6)14-2/h3-5H,1-2H3,(H2,10,11). The van der Waals surface area contributed by atoms with Crippen molar-refractivity contribution in [3.63, 3.8) is 0 Å². The molecule has 0 aliphatic carbocycles. The van der Waals surface area contributed by atoms with E-state index in [-0.39, 0.29) is 0 Å². The van der Waals surface area contributed by atoms with E-state index in [1.54, 1.807) is 17.8 Å². The Kier molecular flexibility index (Phi) is 4.16. The lowest BCUT2D eigenvalue weighted by Crippen LogP contribution is -2.16. The Hall–Kier alpha value is -0.810. The Morgan fingerprint density at radius 1 is 1.36 bits per heavy atom. The molecule has 0 atom stereocenters. The van der Waals surface area contributed by atoms with E-state index in [2.05, 4.69) is 0 Å². The smallest absolute Gasteiger partial charge is 0.409 e. The monoisotopic (exact) mass is 229 g/mol. The summed E-state index contributed by atoms with van der Waals surface area (Å²) in [6.45, 7) is 0. The number of carbonyl (C=O) groups is 1. The third-order valence-corrected chi connectivity index (χ3v) is 3.07. The highest BCUT2D eigenvalue weighted by atomic mass is 32.2. The number of hydrogen-bond donors (Lipinski definition) is 1. The van der Waals surface area contributed by atoms with E-state index >= 15 is 0 Å². The predicted molar refractivity (Wildman–Crippen MR) is 60.2 cm³/mol. The van der Waals surface area contributed by atoms with E-state index in [1.807, 2.05) is 24.6 Å². The van der Waals surface area contributed by atoms with Gasteiger partial charge < -0.3 is 10.5 Å². The first kappa shape index (κ1) is 11.3. The third kappa shape index (κ3) is 2.85. The summed E-state index contributed by atoms with van der Waals surface area (Å²) < 4.78 is 4.84. The summed E-state index contributed by atoms with van der Waals surface area (Å²) in [5, 5.41) is 0. The van der Waals surface area contributed by atoms with Gasteiger partial charge in [0.1, 0.15) is 5.75 Å². The van der Waals surface area contributed by atoms with E-state index in [1.165, 1.54) is 11.8 Å². The molecule has 0 heterocycles. The molecule has 5 heteroatoms. The van der Waals surface area contributed by atoms with Crippen molar-refractivity contribution in [2.24, 2.45) is 5.73 Å². The van der Waals surface area contributed by atoms with Crippen molar-refractivity contribution >= 4 is 29.6 Å². The molecule has 1 aromatic carbocycles. The zero-order valence-electron chi connectivity index (χ0n) is 7.94. The van der Waals surface area contributed by atoms with Gasteiger partial charge in [-0.05, 0) is 30.7 Å². The number of rotatable bonds is 3. The minimum Gasteiger partial charge on any atom is -0.409 e. The second-order valence-corrected chi connectivity index (χ2v) is 4.17. The van der Waals surface area contributed by atoms with E-state index in [9.17, 15) is 4.79 Å². The van der Waals surface area contributed by atoms with Gasteiger partial charge in [-0.3, -0.25) is 0 Å². The fourth-order valence-corrected chi connectivity index (χ4v) is 2.04. The van der Waals surface area contributed by atoms with Crippen molar-refractivity contribution in [1.82, 2.24) is 0 Å². The van der Waals surface area contributed by atoms with Crippen LogP contribution in [0.1, 0.15) is 0 Å². The quantitative estimate of drug-likeness (QED) is 0.809. The molecular weight excluding hydrogens is 218 g/mol. The lowest BCUT2D eigenvalue weighted by atomic mass is 10.3. The highest BCUT2D eigenvalue weighted by Crippen LogP contribution is 2.31. The summed E-state index contributed by atoms with van der Waals surface area (Å²) in [6, 6.07) is 5.61. The van der Waals surface area contributed by atoms with Crippen molar-refractivity contribution in [2.45, 2.75) is 9.79 Å². The number of primary amides is 1. The summed E-state index contributed by atoms with van der Waals surface area (Å²) in [4.78, 5) is 12.6. The van der Waals surface area contributed by atoms with Crippen LogP contribution in [0.2, 0.25) is 0 Å². The lowest BCUT2D eigenvalue weighted by Gasteiger charge is -2.07. The largest absolute Gasteiger partial charge is 0.410 e. The fraction of sp³-hybridized carbons (Fsp3) is 0.222. The summed E-state index contributed by atoms with van der Waals surface area (Å²) in [5.74, 6) is 0.516. The normalized spacial score (nSPS) is 9.86. The van der Waals surface area contributed by atoms with Gasteiger partial charge in [-0.1, -0.05) is 0 Å². The van der Waals surface area contributed by atoms with Gasteiger partial charge in [-0.15, -0.1) is 23.5 Å². The summed E-state index contributed by atoms with van der Waals surface area (Å²) in [7, 11) is 0. The second-order valence-electron chi connectivity index (χ2n) is 2.44. The average Bonchev–Trinajstić information content (AvgIpc) is 2.17. The molecule has 1 rings (SSSR count). The van der Waals surface area contributed by atoms with E-state index in [0.29, 0.717) is 5.75 Å². The summed E-state index contributed by atoms with van der Waals surface area (Å²) in [5.41, 5.74) is 4.94. The lowest BCUT2D eigenvalue weighted by molar-refractivity contribution is 0.209. The van der Waals surface area contributed by atoms with Gasteiger partial charge in [0.05, 0.1) is 4.90 Å². The van der Waals surface area contributed by atoms with Crippen LogP contribution >= 0.6 is 23.5 Å². The van der Waals surface area contributed by atoms with Gasteiger partial charge in [-0.2, -0.15) is 0 Å². The van der Waals surface area contributed by atoms with Crippen LogP contribution in [0.3, 0.4) is 0 Å². The third-order valence-electron chi connectivity index (χ3n) is 1.58. The van der Waals surface area contributed by atoms with Crippen LogP contribution in [0.15, 0.2) is 28.0 Å². The molecular formula is C9H11NO2S2. The molecule has 1 amide bonds. The van der Waals surface area contributed by atoms with Crippen LogP contribution in [-0.2, 0) is 0 Å². The molecule has 0 aromatic heterocycles. The molecule has 0 aliphatic heterocycles. The number of benzene rings is 1. The van der Waals surface area contributed by atoms with E-state index in [0.717, 1.165) is 9.79 Å². The topological polar surface area (TPSA) is 52.3 Å². The van der Waals surface area contributed by atoms with Gasteiger partial charge in [0.15, 0.2) is 0 Å². The molecule has 0 saturated heterocycles. The Morgan fingerprint density at radius 3 is 2.57 bits per heavy atom. The van der Waals surface area contributed by atoms with Gasteiger partial charge in [-0.25, -0.2) is 4.79 Å². The SMILES string of the molecule is CSc1ccc(OC(N)=O)c(SC)c1. The molecule has 1 aromatic rings. The number of thioether (sulfide) groups is 2.